The molecule has 1 saturated heterocycles. The lowest BCUT2D eigenvalue weighted by Crippen LogP contribution is -2.32. The molecule has 0 spiro atoms. The number of rotatable bonds is 6. The Labute approximate surface area is 139 Å². The summed E-state index contributed by atoms with van der Waals surface area (Å²) in [6.07, 6.45) is 4.80. The van der Waals surface area contributed by atoms with Crippen LogP contribution in [0.5, 0.6) is 11.5 Å². The second kappa shape index (κ2) is 8.80. The van der Waals surface area contributed by atoms with Crippen molar-refractivity contribution in [1.29, 1.82) is 0 Å². The van der Waals surface area contributed by atoms with E-state index in [0.717, 1.165) is 55.3 Å². The highest BCUT2D eigenvalue weighted by atomic mass is 16.5. The first-order chi connectivity index (χ1) is 11.1. The van der Waals surface area contributed by atoms with Gasteiger partial charge in [-0.1, -0.05) is 13.0 Å². The minimum Gasteiger partial charge on any atom is -0.493 e. The van der Waals surface area contributed by atoms with Crippen LogP contribution in [-0.2, 0) is 11.2 Å². The maximum atomic E-state index is 12.4. The SMILES string of the molecule is CCOc1ccc(CCC(=O)N2CCCC(C)CC2)cc1OC. The Bertz CT molecular complexity index is 515. The van der Waals surface area contributed by atoms with Crippen molar-refractivity contribution < 1.29 is 14.3 Å². The first kappa shape index (κ1) is 17.6. The molecule has 1 aromatic carbocycles. The summed E-state index contributed by atoms with van der Waals surface area (Å²) in [5.74, 6) is 2.50. The van der Waals surface area contributed by atoms with E-state index in [-0.39, 0.29) is 5.91 Å². The number of ether oxygens (including phenoxy) is 2. The fourth-order valence-electron chi connectivity index (χ4n) is 3.06. The molecular formula is C19H29NO3. The van der Waals surface area contributed by atoms with E-state index >= 15 is 0 Å². The zero-order valence-electron chi connectivity index (χ0n) is 14.6. The standard InChI is InChI=1S/C19H29NO3/c1-4-23-17-9-7-16(14-18(17)22-3)8-10-19(21)20-12-5-6-15(2)11-13-20/h7,9,14-15H,4-6,8,10-13H2,1-3H3. The summed E-state index contributed by atoms with van der Waals surface area (Å²) in [7, 11) is 1.64. The van der Waals surface area contributed by atoms with Gasteiger partial charge in [-0.3, -0.25) is 4.79 Å². The van der Waals surface area contributed by atoms with E-state index < -0.39 is 0 Å². The van der Waals surface area contributed by atoms with Crippen LogP contribution in [0.2, 0.25) is 0 Å². The highest BCUT2D eigenvalue weighted by molar-refractivity contribution is 5.76. The molecule has 4 nitrogen and oxygen atoms in total. The summed E-state index contributed by atoms with van der Waals surface area (Å²) >= 11 is 0. The van der Waals surface area contributed by atoms with Crippen LogP contribution in [0.4, 0.5) is 0 Å². The fraction of sp³-hybridized carbons (Fsp3) is 0.632. The van der Waals surface area contributed by atoms with Gasteiger partial charge in [-0.05, 0) is 56.2 Å². The first-order valence-corrected chi connectivity index (χ1v) is 8.71. The number of carbonyl (C=O) groups excluding carboxylic acids is 1. The van der Waals surface area contributed by atoms with E-state index in [0.29, 0.717) is 13.0 Å². The van der Waals surface area contributed by atoms with E-state index in [1.54, 1.807) is 7.11 Å². The summed E-state index contributed by atoms with van der Waals surface area (Å²) in [4.78, 5) is 14.5. The Balaban J connectivity index is 1.90. The summed E-state index contributed by atoms with van der Waals surface area (Å²) in [5.41, 5.74) is 1.11. The molecule has 1 unspecified atom stereocenters. The number of carbonyl (C=O) groups is 1. The maximum absolute atomic E-state index is 12.4. The number of aryl methyl sites for hydroxylation is 1. The molecule has 0 aliphatic carbocycles. The van der Waals surface area contributed by atoms with Gasteiger partial charge in [-0.25, -0.2) is 0 Å². The van der Waals surface area contributed by atoms with Gasteiger partial charge in [0.2, 0.25) is 5.91 Å². The third-order valence-electron chi connectivity index (χ3n) is 4.52. The van der Waals surface area contributed by atoms with Crippen molar-refractivity contribution >= 4 is 5.91 Å². The van der Waals surface area contributed by atoms with Crippen molar-refractivity contribution in [3.8, 4) is 11.5 Å². The monoisotopic (exact) mass is 319 g/mol. The minimum atomic E-state index is 0.270. The molecule has 0 aromatic heterocycles. The van der Waals surface area contributed by atoms with Crippen LogP contribution in [0.1, 0.15) is 45.1 Å². The number of likely N-dealkylation sites (tertiary alicyclic amines) is 1. The molecule has 128 valence electrons. The molecule has 1 aromatic rings. The lowest BCUT2D eigenvalue weighted by atomic mass is 10.0. The van der Waals surface area contributed by atoms with Gasteiger partial charge in [-0.2, -0.15) is 0 Å². The van der Waals surface area contributed by atoms with E-state index in [1.807, 2.05) is 30.0 Å². The van der Waals surface area contributed by atoms with Crippen LogP contribution >= 0.6 is 0 Å². The van der Waals surface area contributed by atoms with E-state index in [2.05, 4.69) is 6.92 Å². The Morgan fingerprint density at radius 2 is 2.09 bits per heavy atom. The fourth-order valence-corrected chi connectivity index (χ4v) is 3.06. The molecule has 1 heterocycles. The van der Waals surface area contributed by atoms with E-state index in [1.165, 1.54) is 6.42 Å². The average Bonchev–Trinajstić information content (AvgIpc) is 2.78. The number of hydrogen-bond donors (Lipinski definition) is 0. The van der Waals surface area contributed by atoms with Crippen LogP contribution in [0.25, 0.3) is 0 Å². The Morgan fingerprint density at radius 1 is 1.26 bits per heavy atom. The lowest BCUT2D eigenvalue weighted by molar-refractivity contribution is -0.131. The van der Waals surface area contributed by atoms with Crippen molar-refractivity contribution in [3.63, 3.8) is 0 Å². The topological polar surface area (TPSA) is 38.8 Å². The van der Waals surface area contributed by atoms with Gasteiger partial charge in [0.15, 0.2) is 11.5 Å². The molecule has 1 aliphatic rings. The first-order valence-electron chi connectivity index (χ1n) is 8.71. The number of amides is 1. The van der Waals surface area contributed by atoms with Crippen molar-refractivity contribution in [2.24, 2.45) is 5.92 Å². The van der Waals surface area contributed by atoms with Crippen LogP contribution < -0.4 is 9.47 Å². The number of methoxy groups -OCH3 is 1. The molecular weight excluding hydrogens is 290 g/mol. The smallest absolute Gasteiger partial charge is 0.222 e. The lowest BCUT2D eigenvalue weighted by Gasteiger charge is -2.20. The predicted molar refractivity (Wildman–Crippen MR) is 92.1 cm³/mol. The third kappa shape index (κ3) is 5.15. The molecule has 2 rings (SSSR count). The van der Waals surface area contributed by atoms with Crippen molar-refractivity contribution in [1.82, 2.24) is 4.90 Å². The second-order valence-electron chi connectivity index (χ2n) is 6.34. The van der Waals surface area contributed by atoms with Gasteiger partial charge in [-0.15, -0.1) is 0 Å². The summed E-state index contributed by atoms with van der Waals surface area (Å²) in [6, 6.07) is 5.92. The number of nitrogens with zero attached hydrogens (tertiary/aromatic N) is 1. The van der Waals surface area contributed by atoms with Gasteiger partial charge < -0.3 is 14.4 Å². The Morgan fingerprint density at radius 3 is 2.83 bits per heavy atom. The highest BCUT2D eigenvalue weighted by Gasteiger charge is 2.18. The van der Waals surface area contributed by atoms with Gasteiger partial charge >= 0.3 is 0 Å². The molecule has 1 aliphatic heterocycles. The summed E-state index contributed by atoms with van der Waals surface area (Å²) < 4.78 is 10.9. The molecule has 1 fully saturated rings. The van der Waals surface area contributed by atoms with E-state index in [4.69, 9.17) is 9.47 Å². The molecule has 0 radical (unpaired) electrons. The molecule has 4 heteroatoms. The average molecular weight is 319 g/mol. The number of hydrogen-bond acceptors (Lipinski definition) is 3. The molecule has 23 heavy (non-hydrogen) atoms. The van der Waals surface area contributed by atoms with Crippen molar-refractivity contribution in [2.45, 2.75) is 46.0 Å². The predicted octanol–water partition coefficient (Wildman–Crippen LogP) is 3.68. The molecule has 1 atom stereocenters. The largest absolute Gasteiger partial charge is 0.493 e. The molecule has 0 N–H and O–H groups in total. The van der Waals surface area contributed by atoms with Gasteiger partial charge in [0.1, 0.15) is 0 Å². The maximum Gasteiger partial charge on any atom is 0.222 e. The summed E-state index contributed by atoms with van der Waals surface area (Å²) in [5, 5.41) is 0. The zero-order chi connectivity index (χ0) is 16.7. The van der Waals surface area contributed by atoms with Crippen molar-refractivity contribution in [3.05, 3.63) is 23.8 Å². The van der Waals surface area contributed by atoms with E-state index in [9.17, 15) is 4.79 Å². The van der Waals surface area contributed by atoms with Gasteiger partial charge in [0.05, 0.1) is 13.7 Å². The van der Waals surface area contributed by atoms with Gasteiger partial charge in [0, 0.05) is 19.5 Å². The molecule has 1 amide bonds. The third-order valence-corrected chi connectivity index (χ3v) is 4.52. The summed E-state index contributed by atoms with van der Waals surface area (Å²) in [6.45, 7) is 6.66. The van der Waals surface area contributed by atoms with Crippen LogP contribution in [0.15, 0.2) is 18.2 Å². The molecule has 0 saturated carbocycles. The highest BCUT2D eigenvalue weighted by Crippen LogP contribution is 2.28. The Hall–Kier alpha value is -1.71. The van der Waals surface area contributed by atoms with Crippen molar-refractivity contribution in [2.75, 3.05) is 26.8 Å². The number of benzene rings is 1. The van der Waals surface area contributed by atoms with Crippen LogP contribution in [0, 0.1) is 5.92 Å². The molecule has 0 bridgehead atoms. The van der Waals surface area contributed by atoms with Crippen LogP contribution in [0.3, 0.4) is 0 Å². The Kier molecular flexibility index (Phi) is 6.75. The van der Waals surface area contributed by atoms with Gasteiger partial charge in [0.25, 0.3) is 0 Å². The zero-order valence-corrected chi connectivity index (χ0v) is 14.6. The minimum absolute atomic E-state index is 0.270. The van der Waals surface area contributed by atoms with Crippen LogP contribution in [-0.4, -0.2) is 37.6 Å². The quantitative estimate of drug-likeness (QED) is 0.803. The normalized spacial score (nSPS) is 18.4. The second-order valence-corrected chi connectivity index (χ2v) is 6.34.